The van der Waals surface area contributed by atoms with Crippen molar-refractivity contribution in [2.45, 2.75) is 20.3 Å². The number of thioether (sulfide) groups is 1. The normalized spacial score (nSPS) is 18.8. The fourth-order valence-electron chi connectivity index (χ4n) is 2.77. The van der Waals surface area contributed by atoms with Gasteiger partial charge in [0.1, 0.15) is 0 Å². The molecule has 9 nitrogen and oxygen atoms in total. The summed E-state index contributed by atoms with van der Waals surface area (Å²) in [7, 11) is 1.22. The zero-order valence-electron chi connectivity index (χ0n) is 16.7. The van der Waals surface area contributed by atoms with Crippen LogP contribution in [-0.4, -0.2) is 53.6 Å². The predicted molar refractivity (Wildman–Crippen MR) is 112 cm³/mol. The fourth-order valence-corrected chi connectivity index (χ4v) is 3.51. The number of rotatable bonds is 6. The molecule has 1 N–H and O–H groups in total. The van der Waals surface area contributed by atoms with Crippen LogP contribution in [0.15, 0.2) is 39.4 Å². The maximum Gasteiger partial charge on any atom is 0.331 e. The Hall–Kier alpha value is -3.27. The van der Waals surface area contributed by atoms with Gasteiger partial charge < -0.3 is 4.74 Å². The molecule has 2 aliphatic rings. The molecular formula is C20H20N4O5S. The van der Waals surface area contributed by atoms with Gasteiger partial charge >= 0.3 is 5.97 Å². The lowest BCUT2D eigenvalue weighted by Gasteiger charge is -2.14. The molecule has 10 heteroatoms. The number of hydrogen-bond acceptors (Lipinski definition) is 8. The lowest BCUT2D eigenvalue weighted by molar-refractivity contribution is -0.135. The molecule has 0 aromatic heterocycles. The highest BCUT2D eigenvalue weighted by Gasteiger charge is 2.35. The quantitative estimate of drug-likeness (QED) is 0.243. The summed E-state index contributed by atoms with van der Waals surface area (Å²) in [6, 6.07) is 4.86. The third kappa shape index (κ3) is 4.65. The second-order valence-electron chi connectivity index (χ2n) is 6.99. The standard InChI is InChI=1S/C20H20N4O5S/c1-11(2)6-7-24-18(27)13-5-4-12(8-14(13)19(24)28)10-21-23-20-22-17(26)15(30-20)9-16(25)29-3/h4-5,8-11H,6-7H2,1-3H3,(H,22,23,26)/b15-9+,21-10?. The van der Waals surface area contributed by atoms with Gasteiger partial charge in [-0.1, -0.05) is 19.9 Å². The van der Waals surface area contributed by atoms with Crippen molar-refractivity contribution < 1.29 is 23.9 Å². The van der Waals surface area contributed by atoms with Crippen LogP contribution in [0.1, 0.15) is 46.5 Å². The molecule has 0 bridgehead atoms. The van der Waals surface area contributed by atoms with Crippen molar-refractivity contribution in [3.8, 4) is 0 Å². The molecule has 1 fully saturated rings. The summed E-state index contributed by atoms with van der Waals surface area (Å²) < 4.78 is 4.49. The van der Waals surface area contributed by atoms with Gasteiger partial charge in [-0.15, -0.1) is 5.10 Å². The van der Waals surface area contributed by atoms with E-state index in [1.54, 1.807) is 18.2 Å². The van der Waals surface area contributed by atoms with Crippen LogP contribution in [0.4, 0.5) is 0 Å². The number of esters is 1. The van der Waals surface area contributed by atoms with Crippen LogP contribution in [0, 0.1) is 5.92 Å². The molecule has 30 heavy (non-hydrogen) atoms. The number of fused-ring (bicyclic) bond motifs is 1. The summed E-state index contributed by atoms with van der Waals surface area (Å²) in [5.74, 6) is -1.32. The fraction of sp³-hybridized carbons (Fsp3) is 0.300. The molecule has 0 aliphatic carbocycles. The second-order valence-corrected chi connectivity index (χ2v) is 8.02. The Kier molecular flexibility index (Phi) is 6.46. The Morgan fingerprint density at radius 1 is 1.23 bits per heavy atom. The average Bonchev–Trinajstić information content (AvgIpc) is 3.17. The molecule has 0 atom stereocenters. The number of methoxy groups -OCH3 is 1. The van der Waals surface area contributed by atoms with Crippen LogP contribution in [-0.2, 0) is 14.3 Å². The zero-order chi connectivity index (χ0) is 21.8. The summed E-state index contributed by atoms with van der Waals surface area (Å²) in [6.07, 6.45) is 3.23. The minimum absolute atomic E-state index is 0.152. The zero-order valence-corrected chi connectivity index (χ0v) is 17.5. The third-order valence-electron chi connectivity index (χ3n) is 4.38. The Balaban J connectivity index is 1.71. The number of carbonyl (C=O) groups excluding carboxylic acids is 4. The minimum Gasteiger partial charge on any atom is -0.466 e. The molecule has 1 aromatic rings. The van der Waals surface area contributed by atoms with Crippen molar-refractivity contribution in [3.63, 3.8) is 0 Å². The van der Waals surface area contributed by atoms with Gasteiger partial charge in [0.05, 0.1) is 29.4 Å². The number of imide groups is 1. The topological polar surface area (TPSA) is 118 Å². The Morgan fingerprint density at radius 3 is 2.67 bits per heavy atom. The number of hydrogen-bond donors (Lipinski definition) is 1. The molecule has 2 heterocycles. The highest BCUT2D eigenvalue weighted by molar-refractivity contribution is 8.18. The number of amides is 3. The molecule has 3 amide bonds. The van der Waals surface area contributed by atoms with E-state index in [9.17, 15) is 19.2 Å². The first-order chi connectivity index (χ1) is 14.3. The number of nitrogens with one attached hydrogen (secondary N) is 1. The number of carbonyl (C=O) groups is 4. The van der Waals surface area contributed by atoms with Crippen molar-refractivity contribution in [1.82, 2.24) is 10.2 Å². The second kappa shape index (κ2) is 9.04. The van der Waals surface area contributed by atoms with Crippen molar-refractivity contribution >= 4 is 46.8 Å². The minimum atomic E-state index is -0.641. The molecule has 0 radical (unpaired) electrons. The van der Waals surface area contributed by atoms with Crippen LogP contribution in [0.5, 0.6) is 0 Å². The Morgan fingerprint density at radius 2 is 1.97 bits per heavy atom. The summed E-state index contributed by atoms with van der Waals surface area (Å²) in [5.41, 5.74) is 1.31. The summed E-state index contributed by atoms with van der Waals surface area (Å²) in [6.45, 7) is 4.46. The molecule has 0 spiro atoms. The van der Waals surface area contributed by atoms with Gasteiger partial charge in [-0.25, -0.2) is 4.79 Å². The Bertz CT molecular complexity index is 1010. The first-order valence-corrected chi connectivity index (χ1v) is 10.0. The van der Waals surface area contributed by atoms with Gasteiger partial charge in [0.15, 0.2) is 5.17 Å². The van der Waals surface area contributed by atoms with E-state index in [1.807, 2.05) is 13.8 Å². The monoisotopic (exact) mass is 428 g/mol. The van der Waals surface area contributed by atoms with Crippen LogP contribution in [0.25, 0.3) is 0 Å². The molecule has 0 unspecified atom stereocenters. The SMILES string of the molecule is COC(=O)/C=C1/S/C(=N\N=Cc2ccc3c(c2)C(=O)N(CCC(C)C)C3=O)NC1=O. The predicted octanol–water partition coefficient (Wildman–Crippen LogP) is 1.94. The van der Waals surface area contributed by atoms with E-state index in [2.05, 4.69) is 20.3 Å². The number of amidine groups is 1. The summed E-state index contributed by atoms with van der Waals surface area (Å²) in [5, 5.41) is 10.5. The smallest absolute Gasteiger partial charge is 0.331 e. The lowest BCUT2D eigenvalue weighted by atomic mass is 10.1. The molecule has 2 aliphatic heterocycles. The van der Waals surface area contributed by atoms with E-state index >= 15 is 0 Å². The summed E-state index contributed by atoms with van der Waals surface area (Å²) >= 11 is 0.957. The highest BCUT2D eigenvalue weighted by atomic mass is 32.2. The maximum absolute atomic E-state index is 12.6. The van der Waals surface area contributed by atoms with E-state index in [0.717, 1.165) is 24.3 Å². The average molecular weight is 428 g/mol. The molecule has 3 rings (SSSR count). The van der Waals surface area contributed by atoms with Crippen molar-refractivity contribution in [2.75, 3.05) is 13.7 Å². The van der Waals surface area contributed by atoms with E-state index < -0.39 is 11.9 Å². The molecule has 156 valence electrons. The number of ether oxygens (including phenoxy) is 1. The van der Waals surface area contributed by atoms with E-state index in [-0.39, 0.29) is 21.9 Å². The van der Waals surface area contributed by atoms with Crippen LogP contribution in [0.2, 0.25) is 0 Å². The van der Waals surface area contributed by atoms with Crippen LogP contribution in [0.3, 0.4) is 0 Å². The van der Waals surface area contributed by atoms with Gasteiger partial charge in [0.2, 0.25) is 0 Å². The van der Waals surface area contributed by atoms with E-state index in [0.29, 0.717) is 29.2 Å². The van der Waals surface area contributed by atoms with Gasteiger partial charge in [-0.05, 0) is 41.8 Å². The molecule has 1 aromatic carbocycles. The van der Waals surface area contributed by atoms with E-state index in [4.69, 9.17) is 0 Å². The van der Waals surface area contributed by atoms with Gasteiger partial charge in [-0.2, -0.15) is 5.10 Å². The van der Waals surface area contributed by atoms with Gasteiger partial charge in [0.25, 0.3) is 17.7 Å². The first-order valence-electron chi connectivity index (χ1n) is 9.20. The Labute approximate surface area is 177 Å². The maximum atomic E-state index is 12.6. The van der Waals surface area contributed by atoms with Crippen molar-refractivity contribution in [2.24, 2.45) is 16.1 Å². The van der Waals surface area contributed by atoms with Gasteiger partial charge in [-0.3, -0.25) is 24.6 Å². The number of nitrogens with zero attached hydrogens (tertiary/aromatic N) is 3. The third-order valence-corrected chi connectivity index (χ3v) is 5.28. The molecular weight excluding hydrogens is 408 g/mol. The molecule has 0 saturated carbocycles. The lowest BCUT2D eigenvalue weighted by Crippen LogP contribution is -2.31. The first kappa shape index (κ1) is 21.4. The molecule has 1 saturated heterocycles. The van der Waals surface area contributed by atoms with Crippen molar-refractivity contribution in [1.29, 1.82) is 0 Å². The van der Waals surface area contributed by atoms with Crippen molar-refractivity contribution in [3.05, 3.63) is 45.9 Å². The van der Waals surface area contributed by atoms with Crippen LogP contribution < -0.4 is 5.32 Å². The summed E-state index contributed by atoms with van der Waals surface area (Å²) in [4.78, 5) is 49.5. The van der Waals surface area contributed by atoms with E-state index in [1.165, 1.54) is 18.2 Å². The largest absolute Gasteiger partial charge is 0.466 e. The number of benzene rings is 1. The highest BCUT2D eigenvalue weighted by Crippen LogP contribution is 2.25. The van der Waals surface area contributed by atoms with Crippen LogP contribution >= 0.6 is 11.8 Å². The van der Waals surface area contributed by atoms with Gasteiger partial charge in [0, 0.05) is 12.6 Å².